The normalized spacial score (nSPS) is 12.5. The molecule has 0 radical (unpaired) electrons. The fraction of sp³-hybridized carbons (Fsp3) is 0.364. The van der Waals surface area contributed by atoms with Crippen molar-refractivity contribution in [2.24, 2.45) is 0 Å². The summed E-state index contributed by atoms with van der Waals surface area (Å²) in [6.07, 6.45) is -0.558. The van der Waals surface area contributed by atoms with Crippen molar-refractivity contribution in [1.29, 1.82) is 0 Å². The molecule has 0 bridgehead atoms. The number of hydrogen-bond acceptors (Lipinski definition) is 2. The third-order valence-corrected chi connectivity index (χ3v) is 2.49. The lowest BCUT2D eigenvalue weighted by Gasteiger charge is -2.07. The molecule has 1 N–H and O–H groups in total. The predicted molar refractivity (Wildman–Crippen MR) is 56.4 cm³/mol. The highest BCUT2D eigenvalue weighted by molar-refractivity contribution is 6.31. The average Bonchev–Trinajstić information content (AvgIpc) is 2.20. The summed E-state index contributed by atoms with van der Waals surface area (Å²) in [5.41, 5.74) is 0.538. The Hall–Kier alpha value is -0.930. The van der Waals surface area contributed by atoms with E-state index in [1.165, 1.54) is 12.1 Å². The number of ketones is 1. The van der Waals surface area contributed by atoms with Crippen molar-refractivity contribution in [2.75, 3.05) is 0 Å². The number of Topliss-reactive ketones (excluding diaryl/α,β-unsaturated/α-hetero) is 1. The molecule has 1 unspecified atom stereocenters. The third kappa shape index (κ3) is 3.29. The number of hydrogen-bond donors (Lipinski definition) is 1. The predicted octanol–water partition coefficient (Wildman–Crippen LogP) is 2.36. The summed E-state index contributed by atoms with van der Waals surface area (Å²) in [6, 6.07) is 3.85. The Morgan fingerprint density at radius 2 is 2.27 bits per heavy atom. The van der Waals surface area contributed by atoms with Gasteiger partial charge < -0.3 is 5.11 Å². The highest BCUT2D eigenvalue weighted by atomic mass is 35.5. The van der Waals surface area contributed by atoms with Gasteiger partial charge in [0.1, 0.15) is 11.9 Å². The van der Waals surface area contributed by atoms with Crippen molar-refractivity contribution in [3.8, 4) is 0 Å². The van der Waals surface area contributed by atoms with Gasteiger partial charge >= 0.3 is 0 Å². The number of aliphatic hydroxyl groups excluding tert-OH is 1. The Morgan fingerprint density at radius 3 is 2.80 bits per heavy atom. The van der Waals surface area contributed by atoms with Crippen LogP contribution < -0.4 is 0 Å². The quantitative estimate of drug-likeness (QED) is 0.862. The maximum atomic E-state index is 12.7. The SMILES string of the molecule is CCC(O)C(=O)Cc1ccc(F)cc1Cl. The van der Waals surface area contributed by atoms with Crippen molar-refractivity contribution < 1.29 is 14.3 Å². The van der Waals surface area contributed by atoms with Crippen LogP contribution in [0.2, 0.25) is 5.02 Å². The van der Waals surface area contributed by atoms with E-state index in [4.69, 9.17) is 11.6 Å². The van der Waals surface area contributed by atoms with E-state index >= 15 is 0 Å². The standard InChI is InChI=1S/C11H12ClFO2/c1-2-10(14)11(15)5-7-3-4-8(13)6-9(7)12/h3-4,6,10,14H,2,5H2,1H3. The van der Waals surface area contributed by atoms with Crippen LogP contribution in [0.15, 0.2) is 18.2 Å². The van der Waals surface area contributed by atoms with E-state index in [9.17, 15) is 14.3 Å². The molecule has 0 amide bonds. The molecule has 4 heteroatoms. The van der Waals surface area contributed by atoms with E-state index in [0.29, 0.717) is 12.0 Å². The molecular formula is C11H12ClFO2. The molecule has 0 aliphatic carbocycles. The molecule has 0 saturated carbocycles. The van der Waals surface area contributed by atoms with Gasteiger partial charge in [0.05, 0.1) is 0 Å². The van der Waals surface area contributed by atoms with Crippen molar-refractivity contribution >= 4 is 17.4 Å². The molecule has 1 aromatic carbocycles. The molecule has 0 aliphatic heterocycles. The molecule has 2 nitrogen and oxygen atoms in total. The number of halogens is 2. The van der Waals surface area contributed by atoms with Crippen LogP contribution in [0.1, 0.15) is 18.9 Å². The molecule has 0 fully saturated rings. The van der Waals surface area contributed by atoms with Crippen molar-refractivity contribution in [3.05, 3.63) is 34.6 Å². The fourth-order valence-electron chi connectivity index (χ4n) is 1.20. The maximum absolute atomic E-state index is 12.7. The minimum absolute atomic E-state index is 0.0358. The minimum atomic E-state index is -0.967. The smallest absolute Gasteiger partial charge is 0.165 e. The average molecular weight is 231 g/mol. The van der Waals surface area contributed by atoms with Crippen LogP contribution in [0.4, 0.5) is 4.39 Å². The van der Waals surface area contributed by atoms with Crippen LogP contribution in [-0.2, 0) is 11.2 Å². The number of benzene rings is 1. The van der Waals surface area contributed by atoms with Gasteiger partial charge in [0.25, 0.3) is 0 Å². The molecule has 15 heavy (non-hydrogen) atoms. The Morgan fingerprint density at radius 1 is 1.60 bits per heavy atom. The lowest BCUT2D eigenvalue weighted by molar-refractivity contribution is -0.126. The first kappa shape index (κ1) is 12.1. The second kappa shape index (κ2) is 5.24. The zero-order chi connectivity index (χ0) is 11.4. The fourth-order valence-corrected chi connectivity index (χ4v) is 1.43. The lowest BCUT2D eigenvalue weighted by atomic mass is 10.0. The first-order valence-electron chi connectivity index (χ1n) is 4.69. The Balaban J connectivity index is 2.77. The van der Waals surface area contributed by atoms with Crippen LogP contribution in [0.25, 0.3) is 0 Å². The third-order valence-electron chi connectivity index (χ3n) is 2.14. The van der Waals surface area contributed by atoms with E-state index in [-0.39, 0.29) is 17.2 Å². The van der Waals surface area contributed by atoms with E-state index in [0.717, 1.165) is 6.07 Å². The van der Waals surface area contributed by atoms with Crippen molar-refractivity contribution in [2.45, 2.75) is 25.9 Å². The summed E-state index contributed by atoms with van der Waals surface area (Å²) >= 11 is 5.75. The van der Waals surface area contributed by atoms with Gasteiger partial charge in [0.15, 0.2) is 5.78 Å². The number of carbonyl (C=O) groups excluding carboxylic acids is 1. The van der Waals surface area contributed by atoms with Crippen LogP contribution >= 0.6 is 11.6 Å². The van der Waals surface area contributed by atoms with Crippen LogP contribution in [0.5, 0.6) is 0 Å². The minimum Gasteiger partial charge on any atom is -0.385 e. The Kier molecular flexibility index (Phi) is 4.24. The van der Waals surface area contributed by atoms with Gasteiger partial charge in [-0.15, -0.1) is 0 Å². The van der Waals surface area contributed by atoms with Gasteiger partial charge in [-0.3, -0.25) is 4.79 Å². The molecule has 0 saturated heterocycles. The maximum Gasteiger partial charge on any atom is 0.165 e. The Labute approximate surface area is 92.7 Å². The van der Waals surface area contributed by atoms with Gasteiger partial charge in [0, 0.05) is 11.4 Å². The first-order chi connectivity index (χ1) is 7.04. The lowest BCUT2D eigenvalue weighted by Crippen LogP contribution is -2.21. The second-order valence-electron chi connectivity index (χ2n) is 3.30. The Bertz CT molecular complexity index is 366. The summed E-state index contributed by atoms with van der Waals surface area (Å²) in [5.74, 6) is -0.738. The van der Waals surface area contributed by atoms with Crippen molar-refractivity contribution in [3.63, 3.8) is 0 Å². The molecule has 1 rings (SSSR count). The number of rotatable bonds is 4. The largest absolute Gasteiger partial charge is 0.385 e. The summed E-state index contributed by atoms with van der Waals surface area (Å²) in [6.45, 7) is 1.72. The van der Waals surface area contributed by atoms with Crippen molar-refractivity contribution in [1.82, 2.24) is 0 Å². The molecule has 0 aromatic heterocycles. The van der Waals surface area contributed by atoms with E-state index in [1.54, 1.807) is 6.92 Å². The molecule has 0 heterocycles. The monoisotopic (exact) mass is 230 g/mol. The highest BCUT2D eigenvalue weighted by Crippen LogP contribution is 2.18. The highest BCUT2D eigenvalue weighted by Gasteiger charge is 2.14. The van der Waals surface area contributed by atoms with Gasteiger partial charge in [-0.2, -0.15) is 0 Å². The van der Waals surface area contributed by atoms with Gasteiger partial charge in [-0.05, 0) is 24.1 Å². The summed E-state index contributed by atoms with van der Waals surface area (Å²) < 4.78 is 12.7. The van der Waals surface area contributed by atoms with E-state index in [1.807, 2.05) is 0 Å². The molecular weight excluding hydrogens is 219 g/mol. The number of aliphatic hydroxyl groups is 1. The molecule has 1 atom stereocenters. The molecule has 0 spiro atoms. The summed E-state index contributed by atoms with van der Waals surface area (Å²) in [5, 5.41) is 9.48. The molecule has 0 aliphatic rings. The zero-order valence-electron chi connectivity index (χ0n) is 8.34. The topological polar surface area (TPSA) is 37.3 Å². The van der Waals surface area contributed by atoms with Gasteiger partial charge in [0.2, 0.25) is 0 Å². The first-order valence-corrected chi connectivity index (χ1v) is 5.07. The van der Waals surface area contributed by atoms with Crippen LogP contribution in [0, 0.1) is 5.82 Å². The zero-order valence-corrected chi connectivity index (χ0v) is 9.09. The van der Waals surface area contributed by atoms with Gasteiger partial charge in [-0.25, -0.2) is 4.39 Å². The summed E-state index contributed by atoms with van der Waals surface area (Å²) in [7, 11) is 0. The van der Waals surface area contributed by atoms with Crippen LogP contribution in [0.3, 0.4) is 0 Å². The number of carbonyl (C=O) groups is 1. The van der Waals surface area contributed by atoms with Gasteiger partial charge in [-0.1, -0.05) is 24.6 Å². The van der Waals surface area contributed by atoms with Crippen LogP contribution in [-0.4, -0.2) is 17.0 Å². The van der Waals surface area contributed by atoms with E-state index < -0.39 is 11.9 Å². The summed E-state index contributed by atoms with van der Waals surface area (Å²) in [4.78, 5) is 11.4. The molecule has 82 valence electrons. The molecule has 1 aromatic rings. The van der Waals surface area contributed by atoms with E-state index in [2.05, 4.69) is 0 Å². The second-order valence-corrected chi connectivity index (χ2v) is 3.71.